The van der Waals surface area contributed by atoms with E-state index in [1.54, 1.807) is 29.9 Å². The number of carbonyl (C=O) groups excluding carboxylic acids is 1. The molecule has 1 N–H and O–H groups in total. The van der Waals surface area contributed by atoms with Gasteiger partial charge in [0.15, 0.2) is 0 Å². The first-order chi connectivity index (χ1) is 12.2. The molecule has 0 bridgehead atoms. The number of amides is 1. The lowest BCUT2D eigenvalue weighted by Crippen LogP contribution is -2.44. The van der Waals surface area contributed by atoms with Gasteiger partial charge in [-0.3, -0.25) is 9.48 Å². The van der Waals surface area contributed by atoms with E-state index in [4.69, 9.17) is 0 Å². The Labute approximate surface area is 148 Å². The van der Waals surface area contributed by atoms with Crippen molar-refractivity contribution in [1.29, 1.82) is 0 Å². The molecule has 0 saturated carbocycles. The molecule has 26 heavy (non-hydrogen) atoms. The third-order valence-corrected chi connectivity index (χ3v) is 3.97. The number of hydrogen-bond acceptors (Lipinski definition) is 2. The van der Waals surface area contributed by atoms with Gasteiger partial charge in [-0.25, -0.2) is 4.39 Å². The minimum Gasteiger partial charge on any atom is -0.347 e. The van der Waals surface area contributed by atoms with Crippen LogP contribution in [0.1, 0.15) is 13.8 Å². The molecule has 2 aromatic carbocycles. The molecule has 0 radical (unpaired) electrons. The first-order valence-corrected chi connectivity index (χ1v) is 8.14. The Morgan fingerprint density at radius 1 is 1.19 bits per heavy atom. The Balaban J connectivity index is 1.77. The van der Waals surface area contributed by atoms with Crippen LogP contribution < -0.4 is 5.32 Å². The lowest BCUT2D eigenvalue weighted by Gasteiger charge is -2.16. The van der Waals surface area contributed by atoms with Gasteiger partial charge >= 0.3 is 5.92 Å². The predicted octanol–water partition coefficient (Wildman–Crippen LogP) is 4.00. The summed E-state index contributed by atoms with van der Waals surface area (Å²) in [4.78, 5) is 11.3. The van der Waals surface area contributed by atoms with Crippen LogP contribution in [0.3, 0.4) is 0 Å². The van der Waals surface area contributed by atoms with E-state index < -0.39 is 17.9 Å². The van der Waals surface area contributed by atoms with Gasteiger partial charge in [0.25, 0.3) is 5.91 Å². The summed E-state index contributed by atoms with van der Waals surface area (Å²) in [5.41, 5.74) is 2.55. The second-order valence-electron chi connectivity index (χ2n) is 6.39. The zero-order valence-electron chi connectivity index (χ0n) is 14.3. The molecule has 1 amide bonds. The van der Waals surface area contributed by atoms with Gasteiger partial charge in [0.2, 0.25) is 0 Å². The van der Waals surface area contributed by atoms with Gasteiger partial charge < -0.3 is 5.32 Å². The molecule has 1 aromatic heterocycles. The highest BCUT2D eigenvalue weighted by atomic mass is 19.3. The van der Waals surface area contributed by atoms with Crippen LogP contribution >= 0.6 is 0 Å². The number of carbonyl (C=O) groups is 1. The monoisotopic (exact) mass is 361 g/mol. The highest BCUT2D eigenvalue weighted by Crippen LogP contribution is 2.24. The number of halogens is 3. The van der Waals surface area contributed by atoms with E-state index >= 15 is 0 Å². The first kappa shape index (κ1) is 18.0. The Hall–Kier alpha value is -2.83. The summed E-state index contributed by atoms with van der Waals surface area (Å²) in [6, 6.07) is 11.3. The number of rotatable bonds is 5. The fourth-order valence-electron chi connectivity index (χ4n) is 2.67. The molecule has 1 unspecified atom stereocenters. The van der Waals surface area contributed by atoms with Gasteiger partial charge in [-0.1, -0.05) is 18.2 Å². The lowest BCUT2D eigenvalue weighted by molar-refractivity contribution is -0.143. The Bertz CT molecular complexity index is 929. The molecule has 0 saturated heterocycles. The fourth-order valence-corrected chi connectivity index (χ4v) is 2.67. The molecule has 1 heterocycles. The maximum Gasteiger partial charge on any atom is 0.321 e. The maximum atomic E-state index is 13.1. The second kappa shape index (κ2) is 6.82. The number of benzene rings is 2. The fraction of sp³-hybridized carbons (Fsp3) is 0.263. The van der Waals surface area contributed by atoms with Crippen molar-refractivity contribution in [2.75, 3.05) is 0 Å². The molecule has 0 aliphatic heterocycles. The van der Waals surface area contributed by atoms with Crippen molar-refractivity contribution in [3.05, 3.63) is 54.5 Å². The molecule has 0 aliphatic carbocycles. The number of nitrogens with one attached hydrogen (secondary N) is 1. The van der Waals surface area contributed by atoms with Crippen LogP contribution in [-0.4, -0.2) is 27.7 Å². The standard InChI is InChI=1S/C19H18F3N3O/c1-12(23-18(26)19(2,21)22)10-25-11-15-9-14(5-8-17(15)24-25)13-3-6-16(20)7-4-13/h3-9,11-12H,10H2,1-2H3,(H,23,26). The molecule has 0 spiro atoms. The molecule has 4 nitrogen and oxygen atoms in total. The number of aromatic nitrogens is 2. The van der Waals surface area contributed by atoms with Crippen molar-refractivity contribution in [2.45, 2.75) is 32.4 Å². The summed E-state index contributed by atoms with van der Waals surface area (Å²) in [6.07, 6.45) is 1.79. The summed E-state index contributed by atoms with van der Waals surface area (Å²) in [6.45, 7) is 2.47. The van der Waals surface area contributed by atoms with E-state index in [2.05, 4.69) is 10.4 Å². The van der Waals surface area contributed by atoms with E-state index in [1.807, 2.05) is 18.2 Å². The van der Waals surface area contributed by atoms with Crippen LogP contribution in [0, 0.1) is 5.82 Å². The molecular formula is C19H18F3N3O. The third kappa shape index (κ3) is 4.04. The molecule has 7 heteroatoms. The second-order valence-corrected chi connectivity index (χ2v) is 6.39. The molecule has 0 fully saturated rings. The van der Waals surface area contributed by atoms with Gasteiger partial charge in [0.05, 0.1) is 12.1 Å². The van der Waals surface area contributed by atoms with Gasteiger partial charge in [-0.2, -0.15) is 13.9 Å². The predicted molar refractivity (Wildman–Crippen MR) is 93.4 cm³/mol. The van der Waals surface area contributed by atoms with Crippen LogP contribution in [0.15, 0.2) is 48.7 Å². The van der Waals surface area contributed by atoms with Crippen molar-refractivity contribution in [2.24, 2.45) is 0 Å². The maximum absolute atomic E-state index is 13.1. The largest absolute Gasteiger partial charge is 0.347 e. The minimum absolute atomic E-state index is 0.266. The number of alkyl halides is 2. The van der Waals surface area contributed by atoms with Crippen molar-refractivity contribution < 1.29 is 18.0 Å². The van der Waals surface area contributed by atoms with Gasteiger partial charge in [-0.05, 0) is 42.3 Å². The van der Waals surface area contributed by atoms with Gasteiger partial charge in [0.1, 0.15) is 5.82 Å². The van der Waals surface area contributed by atoms with Gasteiger partial charge in [-0.15, -0.1) is 0 Å². The van der Waals surface area contributed by atoms with E-state index in [0.29, 0.717) is 6.92 Å². The molecule has 1 atom stereocenters. The number of nitrogens with zero attached hydrogens (tertiary/aromatic N) is 2. The van der Waals surface area contributed by atoms with Crippen molar-refractivity contribution in [1.82, 2.24) is 15.1 Å². The van der Waals surface area contributed by atoms with Crippen LogP contribution in [0.4, 0.5) is 13.2 Å². The average Bonchev–Trinajstić information content (AvgIpc) is 2.95. The normalized spacial score (nSPS) is 13.0. The zero-order valence-corrected chi connectivity index (χ0v) is 14.3. The van der Waals surface area contributed by atoms with Crippen LogP contribution in [-0.2, 0) is 11.3 Å². The molecule has 3 rings (SSSR count). The first-order valence-electron chi connectivity index (χ1n) is 8.14. The summed E-state index contributed by atoms with van der Waals surface area (Å²) >= 11 is 0. The summed E-state index contributed by atoms with van der Waals surface area (Å²) in [5.74, 6) is -5.01. The van der Waals surface area contributed by atoms with Crippen LogP contribution in [0.5, 0.6) is 0 Å². The Morgan fingerprint density at radius 2 is 1.85 bits per heavy atom. The summed E-state index contributed by atoms with van der Waals surface area (Å²) in [7, 11) is 0. The zero-order chi connectivity index (χ0) is 18.9. The molecular weight excluding hydrogens is 343 g/mol. The van der Waals surface area contributed by atoms with E-state index in [1.165, 1.54) is 12.1 Å². The summed E-state index contributed by atoms with van der Waals surface area (Å²) < 4.78 is 40.6. The van der Waals surface area contributed by atoms with E-state index in [0.717, 1.165) is 22.0 Å². The van der Waals surface area contributed by atoms with Crippen molar-refractivity contribution in [3.8, 4) is 11.1 Å². The lowest BCUT2D eigenvalue weighted by atomic mass is 10.0. The van der Waals surface area contributed by atoms with Crippen molar-refractivity contribution in [3.63, 3.8) is 0 Å². The minimum atomic E-state index is -3.41. The molecule has 0 aliphatic rings. The highest BCUT2D eigenvalue weighted by molar-refractivity contribution is 5.84. The molecule has 136 valence electrons. The Kier molecular flexibility index (Phi) is 4.71. The van der Waals surface area contributed by atoms with E-state index in [-0.39, 0.29) is 12.4 Å². The third-order valence-electron chi connectivity index (χ3n) is 3.97. The Morgan fingerprint density at radius 3 is 2.50 bits per heavy atom. The van der Waals surface area contributed by atoms with Gasteiger partial charge in [0, 0.05) is 24.5 Å². The number of hydrogen-bond donors (Lipinski definition) is 1. The average molecular weight is 361 g/mol. The van der Waals surface area contributed by atoms with Crippen LogP contribution in [0.25, 0.3) is 22.0 Å². The highest BCUT2D eigenvalue weighted by Gasteiger charge is 2.32. The number of fused-ring (bicyclic) bond motifs is 1. The van der Waals surface area contributed by atoms with Crippen LogP contribution in [0.2, 0.25) is 0 Å². The summed E-state index contributed by atoms with van der Waals surface area (Å²) in [5, 5.41) is 7.53. The smallest absolute Gasteiger partial charge is 0.321 e. The molecule has 3 aromatic rings. The topological polar surface area (TPSA) is 46.9 Å². The SMILES string of the molecule is CC(Cn1cc2cc(-c3ccc(F)cc3)ccc2n1)NC(=O)C(C)(F)F. The quantitative estimate of drug-likeness (QED) is 0.747. The van der Waals surface area contributed by atoms with Crippen molar-refractivity contribution >= 4 is 16.8 Å². The van der Waals surface area contributed by atoms with E-state index in [9.17, 15) is 18.0 Å².